The van der Waals surface area contributed by atoms with Crippen LogP contribution in [0, 0.1) is 0 Å². The Bertz CT molecular complexity index is 736. The van der Waals surface area contributed by atoms with E-state index in [1.54, 1.807) is 20.3 Å². The zero-order valence-electron chi connectivity index (χ0n) is 12.4. The van der Waals surface area contributed by atoms with Crippen LogP contribution >= 0.6 is 0 Å². The average Bonchev–Trinajstić information content (AvgIpc) is 2.53. The molecule has 116 valence electrons. The van der Waals surface area contributed by atoms with E-state index in [0.29, 0.717) is 24.5 Å². The molecular weight excluding hydrogens is 286 g/mol. The molecule has 1 N–H and O–H groups in total. The first kappa shape index (κ1) is 15.6. The van der Waals surface area contributed by atoms with E-state index in [-0.39, 0.29) is 11.1 Å². The molecule has 0 bridgehead atoms. The van der Waals surface area contributed by atoms with Crippen molar-refractivity contribution in [3.05, 3.63) is 58.0 Å². The first-order valence-electron chi connectivity index (χ1n) is 6.70. The van der Waals surface area contributed by atoms with Gasteiger partial charge in [-0.1, -0.05) is 6.07 Å². The molecule has 0 fully saturated rings. The molecule has 1 heterocycles. The van der Waals surface area contributed by atoms with E-state index in [2.05, 4.69) is 0 Å². The van der Waals surface area contributed by atoms with Crippen LogP contribution in [-0.4, -0.2) is 29.9 Å². The lowest BCUT2D eigenvalue weighted by Gasteiger charge is -2.10. The van der Waals surface area contributed by atoms with Crippen LogP contribution < -0.4 is 15.0 Å². The molecule has 1 aromatic carbocycles. The number of carbonyl (C=O) groups is 1. The number of methoxy groups -OCH3 is 2. The van der Waals surface area contributed by atoms with Crippen LogP contribution in [0.3, 0.4) is 0 Å². The first-order valence-corrected chi connectivity index (χ1v) is 6.70. The van der Waals surface area contributed by atoms with Crippen molar-refractivity contribution >= 4 is 5.97 Å². The molecular formula is C16H17NO5. The van der Waals surface area contributed by atoms with E-state index in [1.165, 1.54) is 22.9 Å². The van der Waals surface area contributed by atoms with Crippen LogP contribution in [-0.2, 0) is 13.0 Å². The Hall–Kier alpha value is -2.76. The monoisotopic (exact) mass is 303 g/mol. The van der Waals surface area contributed by atoms with E-state index < -0.39 is 5.97 Å². The fraction of sp³-hybridized carbons (Fsp3) is 0.250. The zero-order chi connectivity index (χ0) is 16.1. The van der Waals surface area contributed by atoms with Gasteiger partial charge in [0.2, 0.25) is 0 Å². The van der Waals surface area contributed by atoms with Gasteiger partial charge in [-0.05, 0) is 30.2 Å². The van der Waals surface area contributed by atoms with E-state index in [9.17, 15) is 9.59 Å². The van der Waals surface area contributed by atoms with Crippen molar-refractivity contribution in [2.24, 2.45) is 0 Å². The van der Waals surface area contributed by atoms with Crippen molar-refractivity contribution < 1.29 is 19.4 Å². The summed E-state index contributed by atoms with van der Waals surface area (Å²) in [4.78, 5) is 22.7. The number of pyridine rings is 1. The minimum atomic E-state index is -1.06. The lowest BCUT2D eigenvalue weighted by molar-refractivity contribution is 0.0696. The number of hydrogen-bond donors (Lipinski definition) is 1. The highest BCUT2D eigenvalue weighted by atomic mass is 16.5. The molecule has 2 rings (SSSR count). The van der Waals surface area contributed by atoms with Gasteiger partial charge in [-0.25, -0.2) is 4.79 Å². The van der Waals surface area contributed by atoms with Gasteiger partial charge in [-0.15, -0.1) is 0 Å². The van der Waals surface area contributed by atoms with Crippen molar-refractivity contribution in [1.82, 2.24) is 4.57 Å². The molecule has 22 heavy (non-hydrogen) atoms. The number of benzene rings is 1. The Kier molecular flexibility index (Phi) is 4.83. The van der Waals surface area contributed by atoms with E-state index in [4.69, 9.17) is 14.6 Å². The Morgan fingerprint density at radius 2 is 1.86 bits per heavy atom. The molecule has 1 aromatic heterocycles. The standard InChI is InChI=1S/C16H17NO5/c1-21-13-5-3-11(9-14(13)22-2)7-8-17-10-12(16(19)20)4-6-15(17)18/h3-6,9-10H,7-8H2,1-2H3,(H,19,20). The smallest absolute Gasteiger partial charge is 0.337 e. The predicted octanol–water partition coefficient (Wildman–Crippen LogP) is 1.81. The maximum atomic E-state index is 11.8. The van der Waals surface area contributed by atoms with E-state index in [1.807, 2.05) is 12.1 Å². The largest absolute Gasteiger partial charge is 0.493 e. The fourth-order valence-electron chi connectivity index (χ4n) is 2.12. The van der Waals surface area contributed by atoms with Crippen LogP contribution in [0.15, 0.2) is 41.3 Å². The molecule has 0 aliphatic rings. The third kappa shape index (κ3) is 3.46. The number of aromatic carboxylic acids is 1. The quantitative estimate of drug-likeness (QED) is 0.880. The summed E-state index contributed by atoms with van der Waals surface area (Å²) in [6.45, 7) is 0.384. The first-order chi connectivity index (χ1) is 10.5. The minimum absolute atomic E-state index is 0.0897. The fourth-order valence-corrected chi connectivity index (χ4v) is 2.12. The molecule has 6 heteroatoms. The van der Waals surface area contributed by atoms with Gasteiger partial charge in [0, 0.05) is 18.8 Å². The third-order valence-electron chi connectivity index (χ3n) is 3.32. The molecule has 0 saturated heterocycles. The second-order valence-electron chi connectivity index (χ2n) is 4.69. The van der Waals surface area contributed by atoms with Crippen LogP contribution in [0.25, 0.3) is 0 Å². The topological polar surface area (TPSA) is 77.8 Å². The molecule has 0 saturated carbocycles. The van der Waals surface area contributed by atoms with Crippen LogP contribution in [0.1, 0.15) is 15.9 Å². The van der Waals surface area contributed by atoms with E-state index >= 15 is 0 Å². The van der Waals surface area contributed by atoms with Gasteiger partial charge in [0.1, 0.15) is 0 Å². The number of aryl methyl sites for hydroxylation is 2. The maximum absolute atomic E-state index is 11.8. The molecule has 0 atom stereocenters. The van der Waals surface area contributed by atoms with Gasteiger partial charge in [0.25, 0.3) is 5.56 Å². The number of rotatable bonds is 6. The Morgan fingerprint density at radius 1 is 1.14 bits per heavy atom. The Labute approximate surface area is 127 Å². The third-order valence-corrected chi connectivity index (χ3v) is 3.32. The molecule has 0 spiro atoms. The van der Waals surface area contributed by atoms with Crippen molar-refractivity contribution in [2.45, 2.75) is 13.0 Å². The van der Waals surface area contributed by atoms with Gasteiger partial charge in [-0.2, -0.15) is 0 Å². The van der Waals surface area contributed by atoms with Crippen LogP contribution in [0.5, 0.6) is 11.5 Å². The highest BCUT2D eigenvalue weighted by Crippen LogP contribution is 2.27. The summed E-state index contributed by atoms with van der Waals surface area (Å²) in [7, 11) is 3.12. The van der Waals surface area contributed by atoms with Gasteiger partial charge in [0.15, 0.2) is 11.5 Å². The average molecular weight is 303 g/mol. The number of carboxylic acid groups (broad SMARTS) is 1. The second kappa shape index (κ2) is 6.80. The van der Waals surface area contributed by atoms with Crippen molar-refractivity contribution in [2.75, 3.05) is 14.2 Å². The summed E-state index contributed by atoms with van der Waals surface area (Å²) in [6, 6.07) is 8.08. The summed E-state index contributed by atoms with van der Waals surface area (Å²) in [6.07, 6.45) is 1.93. The predicted molar refractivity (Wildman–Crippen MR) is 80.9 cm³/mol. The highest BCUT2D eigenvalue weighted by Gasteiger charge is 2.07. The normalized spacial score (nSPS) is 10.3. The van der Waals surface area contributed by atoms with Crippen LogP contribution in [0.4, 0.5) is 0 Å². The number of nitrogens with zero attached hydrogens (tertiary/aromatic N) is 1. The lowest BCUT2D eigenvalue weighted by atomic mass is 10.1. The van der Waals surface area contributed by atoms with Gasteiger partial charge >= 0.3 is 5.97 Å². The molecule has 0 aliphatic carbocycles. The van der Waals surface area contributed by atoms with Crippen molar-refractivity contribution in [1.29, 1.82) is 0 Å². The SMILES string of the molecule is COc1ccc(CCn2cc(C(=O)O)ccc2=O)cc1OC. The van der Waals surface area contributed by atoms with Crippen molar-refractivity contribution in [3.63, 3.8) is 0 Å². The summed E-state index contributed by atoms with van der Waals surface area (Å²) in [5.74, 6) is 0.197. The van der Waals surface area contributed by atoms with Crippen LogP contribution in [0.2, 0.25) is 0 Å². The molecule has 2 aromatic rings. The molecule has 0 unspecified atom stereocenters. The summed E-state index contributed by atoms with van der Waals surface area (Å²) >= 11 is 0. The summed E-state index contributed by atoms with van der Waals surface area (Å²) in [5.41, 5.74) is 0.822. The molecule has 0 amide bonds. The molecule has 6 nitrogen and oxygen atoms in total. The maximum Gasteiger partial charge on any atom is 0.337 e. The Morgan fingerprint density at radius 3 is 2.50 bits per heavy atom. The van der Waals surface area contributed by atoms with Gasteiger partial charge < -0.3 is 19.1 Å². The highest BCUT2D eigenvalue weighted by molar-refractivity contribution is 5.87. The second-order valence-corrected chi connectivity index (χ2v) is 4.69. The molecule has 0 radical (unpaired) electrons. The molecule has 0 aliphatic heterocycles. The van der Waals surface area contributed by atoms with Gasteiger partial charge in [0.05, 0.1) is 19.8 Å². The summed E-state index contributed by atoms with van der Waals surface area (Å²) < 4.78 is 11.8. The van der Waals surface area contributed by atoms with Gasteiger partial charge in [-0.3, -0.25) is 4.79 Å². The Balaban J connectivity index is 2.18. The number of carboxylic acids is 1. The zero-order valence-corrected chi connectivity index (χ0v) is 12.4. The summed E-state index contributed by atoms with van der Waals surface area (Å²) in [5, 5.41) is 8.97. The number of aromatic nitrogens is 1. The number of hydrogen-bond acceptors (Lipinski definition) is 4. The number of ether oxygens (including phenoxy) is 2. The van der Waals surface area contributed by atoms with E-state index in [0.717, 1.165) is 5.56 Å². The lowest BCUT2D eigenvalue weighted by Crippen LogP contribution is -2.21. The minimum Gasteiger partial charge on any atom is -0.493 e. The van der Waals surface area contributed by atoms with Crippen molar-refractivity contribution in [3.8, 4) is 11.5 Å².